The Morgan fingerprint density at radius 3 is 2.40 bits per heavy atom. The molecule has 0 spiro atoms. The molecule has 0 bridgehead atoms. The quantitative estimate of drug-likeness (QED) is 0.819. The highest BCUT2D eigenvalue weighted by Crippen LogP contribution is 2.52. The molecule has 0 unspecified atom stereocenters. The highest BCUT2D eigenvalue weighted by molar-refractivity contribution is 5.09. The van der Waals surface area contributed by atoms with Gasteiger partial charge in [-0.3, -0.25) is 0 Å². The van der Waals surface area contributed by atoms with E-state index in [9.17, 15) is 0 Å². The summed E-state index contributed by atoms with van der Waals surface area (Å²) < 4.78 is 2.36. The first kappa shape index (κ1) is 9.40. The highest BCUT2D eigenvalue weighted by atomic mass is 15.1. The number of imidazole rings is 1. The maximum atomic E-state index is 5.98. The van der Waals surface area contributed by atoms with Gasteiger partial charge in [-0.25, -0.2) is 4.98 Å². The zero-order valence-corrected chi connectivity index (χ0v) is 9.26. The summed E-state index contributed by atoms with van der Waals surface area (Å²) in [5.41, 5.74) is 7.18. The van der Waals surface area contributed by atoms with Gasteiger partial charge < -0.3 is 10.3 Å². The Morgan fingerprint density at radius 1 is 1.33 bits per heavy atom. The minimum Gasteiger partial charge on any atom is -0.330 e. The first-order valence-corrected chi connectivity index (χ1v) is 6.04. The second-order valence-corrected chi connectivity index (χ2v) is 5.18. The van der Waals surface area contributed by atoms with Gasteiger partial charge in [0.1, 0.15) is 0 Å². The smallest absolute Gasteiger partial charge is 0.0951 e. The molecule has 0 saturated heterocycles. The second-order valence-electron chi connectivity index (χ2n) is 5.18. The molecule has 3 heteroatoms. The van der Waals surface area contributed by atoms with Crippen molar-refractivity contribution < 1.29 is 0 Å². The zero-order valence-electron chi connectivity index (χ0n) is 9.26. The molecule has 1 heterocycles. The minimum absolute atomic E-state index is 0.104. The number of hydrogen-bond acceptors (Lipinski definition) is 2. The number of nitrogens with zero attached hydrogens (tertiary/aromatic N) is 2. The molecule has 1 atom stereocenters. The Kier molecular flexibility index (Phi) is 2.09. The third-order valence-corrected chi connectivity index (χ3v) is 3.69. The molecular formula is C12H19N3. The minimum atomic E-state index is 0.104. The monoisotopic (exact) mass is 205 g/mol. The van der Waals surface area contributed by atoms with E-state index in [0.717, 1.165) is 11.8 Å². The highest BCUT2D eigenvalue weighted by Gasteiger charge is 2.43. The average molecular weight is 205 g/mol. The van der Waals surface area contributed by atoms with Crippen molar-refractivity contribution in [2.75, 3.05) is 0 Å². The molecule has 0 radical (unpaired) electrons. The van der Waals surface area contributed by atoms with Gasteiger partial charge in [0.05, 0.1) is 12.0 Å². The zero-order chi connectivity index (χ0) is 10.4. The van der Waals surface area contributed by atoms with E-state index in [1.165, 1.54) is 31.4 Å². The van der Waals surface area contributed by atoms with Gasteiger partial charge in [-0.2, -0.15) is 0 Å². The van der Waals surface area contributed by atoms with E-state index in [4.69, 9.17) is 5.73 Å². The summed E-state index contributed by atoms with van der Waals surface area (Å²) in [6, 6.07) is 0.806. The predicted octanol–water partition coefficient (Wildman–Crippen LogP) is 2.26. The van der Waals surface area contributed by atoms with Gasteiger partial charge in [0.25, 0.3) is 0 Å². The van der Waals surface area contributed by atoms with Gasteiger partial charge in [0.2, 0.25) is 0 Å². The molecule has 1 aromatic rings. The Labute approximate surface area is 90.7 Å². The van der Waals surface area contributed by atoms with Gasteiger partial charge in [0, 0.05) is 18.3 Å². The molecule has 2 N–H and O–H groups in total. The van der Waals surface area contributed by atoms with Crippen LogP contribution >= 0.6 is 0 Å². The third-order valence-electron chi connectivity index (χ3n) is 3.69. The fraction of sp³-hybridized carbons (Fsp3) is 0.750. The summed E-state index contributed by atoms with van der Waals surface area (Å²) in [5, 5.41) is 0. The SMILES string of the molecule is C[C@@H](N)c1cncn1C(C1CC1)C1CC1. The van der Waals surface area contributed by atoms with Crippen LogP contribution in [0.5, 0.6) is 0 Å². The van der Waals surface area contributed by atoms with Crippen molar-refractivity contribution in [1.29, 1.82) is 0 Å². The third kappa shape index (κ3) is 1.69. The van der Waals surface area contributed by atoms with Crippen LogP contribution in [-0.2, 0) is 0 Å². The Bertz CT molecular complexity index is 336. The van der Waals surface area contributed by atoms with Crippen molar-refractivity contribution in [2.45, 2.75) is 44.7 Å². The van der Waals surface area contributed by atoms with Gasteiger partial charge in [-0.15, -0.1) is 0 Å². The van der Waals surface area contributed by atoms with Gasteiger partial charge in [0.15, 0.2) is 0 Å². The summed E-state index contributed by atoms with van der Waals surface area (Å²) in [4.78, 5) is 4.27. The molecule has 2 aliphatic carbocycles. The van der Waals surface area contributed by atoms with Gasteiger partial charge >= 0.3 is 0 Å². The fourth-order valence-corrected chi connectivity index (χ4v) is 2.63. The normalized spacial score (nSPS) is 23.4. The molecule has 0 aromatic carbocycles. The molecule has 0 aliphatic heterocycles. The number of hydrogen-bond donors (Lipinski definition) is 1. The number of nitrogens with two attached hydrogens (primary N) is 1. The van der Waals surface area contributed by atoms with Gasteiger partial charge in [-0.05, 0) is 44.4 Å². The average Bonchev–Trinajstić information content (AvgIpc) is 3.07. The van der Waals surface area contributed by atoms with E-state index >= 15 is 0 Å². The van der Waals surface area contributed by atoms with E-state index in [0.29, 0.717) is 6.04 Å². The first-order chi connectivity index (χ1) is 7.27. The van der Waals surface area contributed by atoms with E-state index in [2.05, 4.69) is 9.55 Å². The summed E-state index contributed by atoms with van der Waals surface area (Å²) in [7, 11) is 0. The van der Waals surface area contributed by atoms with Crippen LogP contribution in [0.2, 0.25) is 0 Å². The van der Waals surface area contributed by atoms with Crippen molar-refractivity contribution in [2.24, 2.45) is 17.6 Å². The van der Waals surface area contributed by atoms with Crippen LogP contribution in [0.1, 0.15) is 50.4 Å². The van der Waals surface area contributed by atoms with Crippen LogP contribution in [-0.4, -0.2) is 9.55 Å². The van der Waals surface area contributed by atoms with E-state index in [1.807, 2.05) is 19.4 Å². The maximum Gasteiger partial charge on any atom is 0.0951 e. The molecule has 2 fully saturated rings. The van der Waals surface area contributed by atoms with Crippen molar-refractivity contribution >= 4 is 0 Å². The topological polar surface area (TPSA) is 43.8 Å². The molecule has 15 heavy (non-hydrogen) atoms. The lowest BCUT2D eigenvalue weighted by Gasteiger charge is -2.21. The predicted molar refractivity (Wildman–Crippen MR) is 59.3 cm³/mol. The molecule has 1 aromatic heterocycles. The van der Waals surface area contributed by atoms with Crippen LogP contribution in [0, 0.1) is 11.8 Å². The van der Waals surface area contributed by atoms with Crippen LogP contribution in [0.4, 0.5) is 0 Å². The molecule has 2 aliphatic rings. The molecular weight excluding hydrogens is 186 g/mol. The Hall–Kier alpha value is -0.830. The molecule has 2 saturated carbocycles. The summed E-state index contributed by atoms with van der Waals surface area (Å²) >= 11 is 0. The number of rotatable bonds is 4. The lowest BCUT2D eigenvalue weighted by atomic mass is 10.1. The Morgan fingerprint density at radius 2 is 1.93 bits per heavy atom. The van der Waals surface area contributed by atoms with Crippen LogP contribution in [0.15, 0.2) is 12.5 Å². The largest absolute Gasteiger partial charge is 0.330 e. The van der Waals surface area contributed by atoms with Crippen LogP contribution in [0.3, 0.4) is 0 Å². The summed E-state index contributed by atoms with van der Waals surface area (Å²) in [6.07, 6.45) is 9.52. The Balaban J connectivity index is 1.91. The fourth-order valence-electron chi connectivity index (χ4n) is 2.63. The van der Waals surface area contributed by atoms with Crippen LogP contribution in [0.25, 0.3) is 0 Å². The van der Waals surface area contributed by atoms with E-state index in [-0.39, 0.29) is 6.04 Å². The van der Waals surface area contributed by atoms with Crippen molar-refractivity contribution in [3.05, 3.63) is 18.2 Å². The van der Waals surface area contributed by atoms with Gasteiger partial charge in [-0.1, -0.05) is 0 Å². The molecule has 3 rings (SSSR count). The lowest BCUT2D eigenvalue weighted by Crippen LogP contribution is -2.19. The lowest BCUT2D eigenvalue weighted by molar-refractivity contribution is 0.379. The van der Waals surface area contributed by atoms with Crippen molar-refractivity contribution in [3.63, 3.8) is 0 Å². The maximum absolute atomic E-state index is 5.98. The van der Waals surface area contributed by atoms with Crippen molar-refractivity contribution in [3.8, 4) is 0 Å². The summed E-state index contributed by atoms with van der Waals surface area (Å²) in [6.45, 7) is 2.05. The summed E-state index contributed by atoms with van der Waals surface area (Å²) in [5.74, 6) is 1.81. The van der Waals surface area contributed by atoms with Crippen LogP contribution < -0.4 is 5.73 Å². The second kappa shape index (κ2) is 3.34. The standard InChI is InChI=1S/C12H19N3/c1-8(13)11-6-14-7-15(11)12(9-2-3-9)10-4-5-10/h6-10,12H,2-5,13H2,1H3/t8-/m1/s1. The van der Waals surface area contributed by atoms with E-state index in [1.54, 1.807) is 0 Å². The van der Waals surface area contributed by atoms with E-state index < -0.39 is 0 Å². The first-order valence-electron chi connectivity index (χ1n) is 6.04. The number of aromatic nitrogens is 2. The molecule has 0 amide bonds. The molecule has 82 valence electrons. The van der Waals surface area contributed by atoms with Crippen molar-refractivity contribution in [1.82, 2.24) is 9.55 Å². The molecule has 3 nitrogen and oxygen atoms in total.